The van der Waals surface area contributed by atoms with Crippen LogP contribution < -0.4 is 15.0 Å². The molecule has 0 amide bonds. The molecule has 1 fully saturated rings. The van der Waals surface area contributed by atoms with E-state index >= 15 is 0 Å². The van der Waals surface area contributed by atoms with E-state index < -0.39 is 0 Å². The van der Waals surface area contributed by atoms with Crippen molar-refractivity contribution in [3.05, 3.63) is 107 Å². The van der Waals surface area contributed by atoms with Gasteiger partial charge >= 0.3 is 0 Å². The van der Waals surface area contributed by atoms with Crippen LogP contribution in [-0.4, -0.2) is 21.8 Å². The van der Waals surface area contributed by atoms with Crippen molar-refractivity contribution in [3.8, 4) is 11.4 Å². The first-order valence-electron chi connectivity index (χ1n) is 11.1. The van der Waals surface area contributed by atoms with Gasteiger partial charge in [0.15, 0.2) is 5.11 Å². The van der Waals surface area contributed by atoms with E-state index in [1.807, 2.05) is 66.9 Å². The zero-order chi connectivity index (χ0) is 23.8. The molecule has 2 aromatic carbocycles. The predicted octanol–water partition coefficient (Wildman–Crippen LogP) is 6.33. The van der Waals surface area contributed by atoms with E-state index in [9.17, 15) is 0 Å². The number of methoxy groups -OCH3 is 1. The molecule has 2 atom stereocenters. The second kappa shape index (κ2) is 9.12. The number of hydrogen-bond donors (Lipinski definition) is 1. The van der Waals surface area contributed by atoms with Crippen LogP contribution in [0, 0.1) is 13.8 Å². The number of hydrogen-bond acceptors (Lipinski definition) is 3. The van der Waals surface area contributed by atoms with Gasteiger partial charge in [-0.2, -0.15) is 0 Å². The first-order valence-corrected chi connectivity index (χ1v) is 11.9. The summed E-state index contributed by atoms with van der Waals surface area (Å²) in [5, 5.41) is 4.91. The molecule has 172 valence electrons. The Morgan fingerprint density at radius 2 is 1.76 bits per heavy atom. The molecule has 34 heavy (non-hydrogen) atoms. The summed E-state index contributed by atoms with van der Waals surface area (Å²) in [5.74, 6) is 0.804. The number of aromatic nitrogens is 2. The van der Waals surface area contributed by atoms with Crippen LogP contribution in [0.5, 0.6) is 5.75 Å². The Morgan fingerprint density at radius 3 is 2.44 bits per heavy atom. The molecule has 0 saturated carbocycles. The number of thiocarbonyl (C=S) groups is 1. The molecule has 5 nitrogen and oxygen atoms in total. The molecule has 0 radical (unpaired) electrons. The molecule has 7 heteroatoms. The summed E-state index contributed by atoms with van der Waals surface area (Å²) in [5.41, 5.74) is 6.41. The number of rotatable bonds is 5. The maximum Gasteiger partial charge on any atom is 0.174 e. The Bertz CT molecular complexity index is 1340. The van der Waals surface area contributed by atoms with E-state index in [0.29, 0.717) is 10.1 Å². The monoisotopic (exact) mass is 488 g/mol. The van der Waals surface area contributed by atoms with E-state index in [0.717, 1.165) is 34.2 Å². The molecule has 2 unspecified atom stereocenters. The Balaban J connectivity index is 1.67. The van der Waals surface area contributed by atoms with E-state index in [2.05, 4.69) is 45.7 Å². The maximum atomic E-state index is 6.32. The number of pyridine rings is 1. The van der Waals surface area contributed by atoms with E-state index in [4.69, 9.17) is 28.6 Å². The third kappa shape index (κ3) is 3.93. The van der Waals surface area contributed by atoms with Gasteiger partial charge in [-0.05, 0) is 92.3 Å². The van der Waals surface area contributed by atoms with E-state index in [1.165, 1.54) is 5.56 Å². The Morgan fingerprint density at radius 1 is 0.971 bits per heavy atom. The first kappa shape index (κ1) is 22.4. The highest BCUT2D eigenvalue weighted by molar-refractivity contribution is 7.80. The standard InChI is InChI=1S/C27H25ClN4OS/c1-17-15-23(18(2)31(17)21-8-6-7-19(28)16-21)26-25(24-9-4-5-14-29-24)30-27(34)32(26)20-10-12-22(33-3)13-11-20/h4-16,25-26H,1-3H3,(H,30,34). The number of anilines is 1. The van der Waals surface area contributed by atoms with Crippen LogP contribution in [-0.2, 0) is 0 Å². The van der Waals surface area contributed by atoms with Crippen LogP contribution in [0.15, 0.2) is 79.0 Å². The highest BCUT2D eigenvalue weighted by Crippen LogP contribution is 2.44. The van der Waals surface area contributed by atoms with E-state index in [1.54, 1.807) is 7.11 Å². The number of aryl methyl sites for hydroxylation is 1. The fourth-order valence-corrected chi connectivity index (χ4v) is 5.32. The van der Waals surface area contributed by atoms with Gasteiger partial charge in [0.05, 0.1) is 24.9 Å². The average Bonchev–Trinajstić information content (AvgIpc) is 3.34. The van der Waals surface area contributed by atoms with Gasteiger partial charge in [0.25, 0.3) is 0 Å². The van der Waals surface area contributed by atoms with Crippen molar-refractivity contribution < 1.29 is 4.74 Å². The summed E-state index contributed by atoms with van der Waals surface area (Å²) >= 11 is 12.2. The summed E-state index contributed by atoms with van der Waals surface area (Å²) < 4.78 is 7.61. The van der Waals surface area contributed by atoms with Crippen molar-refractivity contribution in [2.45, 2.75) is 25.9 Å². The number of nitrogens with zero attached hydrogens (tertiary/aromatic N) is 3. The third-order valence-electron chi connectivity index (χ3n) is 6.30. The molecule has 4 aromatic rings. The minimum atomic E-state index is -0.107. The quantitative estimate of drug-likeness (QED) is 0.332. The summed E-state index contributed by atoms with van der Waals surface area (Å²) in [7, 11) is 1.67. The molecular weight excluding hydrogens is 464 g/mol. The largest absolute Gasteiger partial charge is 0.497 e. The van der Waals surface area contributed by atoms with Gasteiger partial charge in [0.1, 0.15) is 5.75 Å². The lowest BCUT2D eigenvalue weighted by Crippen LogP contribution is -2.29. The van der Waals surface area contributed by atoms with Gasteiger partial charge in [-0.15, -0.1) is 0 Å². The van der Waals surface area contributed by atoms with Gasteiger partial charge in [-0.1, -0.05) is 23.7 Å². The Labute approximate surface area is 210 Å². The molecule has 1 aliphatic rings. The highest BCUT2D eigenvalue weighted by Gasteiger charge is 2.42. The smallest absolute Gasteiger partial charge is 0.174 e. The average molecular weight is 489 g/mol. The lowest BCUT2D eigenvalue weighted by molar-refractivity contribution is 0.415. The molecule has 3 heterocycles. The SMILES string of the molecule is COc1ccc(N2C(=S)NC(c3ccccn3)C2c2cc(C)n(-c3cccc(Cl)c3)c2C)cc1. The van der Waals surface area contributed by atoms with Crippen LogP contribution >= 0.6 is 23.8 Å². The van der Waals surface area contributed by atoms with Gasteiger partial charge in [-0.3, -0.25) is 4.98 Å². The molecule has 0 bridgehead atoms. The summed E-state index contributed by atoms with van der Waals surface area (Å²) in [6.45, 7) is 4.26. The molecule has 0 spiro atoms. The third-order valence-corrected chi connectivity index (χ3v) is 6.85. The van der Waals surface area contributed by atoms with Crippen molar-refractivity contribution in [3.63, 3.8) is 0 Å². The van der Waals surface area contributed by atoms with Crippen LogP contribution in [0.4, 0.5) is 5.69 Å². The number of halogens is 1. The lowest BCUT2D eigenvalue weighted by Gasteiger charge is -2.28. The first-order chi connectivity index (χ1) is 16.5. The van der Waals surface area contributed by atoms with Gasteiger partial charge in [0, 0.05) is 34.0 Å². The van der Waals surface area contributed by atoms with Crippen molar-refractivity contribution in [1.29, 1.82) is 0 Å². The number of benzene rings is 2. The van der Waals surface area contributed by atoms with Gasteiger partial charge in [0.2, 0.25) is 0 Å². The van der Waals surface area contributed by atoms with Gasteiger partial charge < -0.3 is 19.5 Å². The van der Waals surface area contributed by atoms with E-state index in [-0.39, 0.29) is 12.1 Å². The second-order valence-electron chi connectivity index (χ2n) is 8.34. The van der Waals surface area contributed by atoms with Crippen LogP contribution in [0.2, 0.25) is 5.02 Å². The lowest BCUT2D eigenvalue weighted by atomic mass is 9.96. The molecule has 1 aliphatic heterocycles. The van der Waals surface area contributed by atoms with Crippen LogP contribution in [0.25, 0.3) is 5.69 Å². The Hall–Kier alpha value is -3.35. The fraction of sp³-hybridized carbons (Fsp3) is 0.185. The molecule has 1 saturated heterocycles. The second-order valence-corrected chi connectivity index (χ2v) is 9.16. The summed E-state index contributed by atoms with van der Waals surface area (Å²) in [4.78, 5) is 6.84. The number of nitrogens with one attached hydrogen (secondary N) is 1. The minimum absolute atomic E-state index is 0.0880. The maximum absolute atomic E-state index is 6.32. The van der Waals surface area contributed by atoms with Crippen LogP contribution in [0.1, 0.15) is 34.7 Å². The predicted molar refractivity (Wildman–Crippen MR) is 141 cm³/mol. The van der Waals surface area contributed by atoms with Crippen molar-refractivity contribution in [2.24, 2.45) is 0 Å². The normalized spacial score (nSPS) is 17.6. The Kier molecular flexibility index (Phi) is 6.02. The zero-order valence-corrected chi connectivity index (χ0v) is 20.8. The number of ether oxygens (including phenoxy) is 1. The minimum Gasteiger partial charge on any atom is -0.497 e. The topological polar surface area (TPSA) is 42.3 Å². The van der Waals surface area contributed by atoms with Crippen molar-refractivity contribution >= 4 is 34.6 Å². The summed E-state index contributed by atoms with van der Waals surface area (Å²) in [6.07, 6.45) is 1.82. The molecule has 0 aliphatic carbocycles. The highest BCUT2D eigenvalue weighted by atomic mass is 35.5. The molecule has 5 rings (SSSR count). The zero-order valence-electron chi connectivity index (χ0n) is 19.2. The molecular formula is C27H25ClN4OS. The molecule has 2 aromatic heterocycles. The van der Waals surface area contributed by atoms with Gasteiger partial charge in [-0.25, -0.2) is 0 Å². The van der Waals surface area contributed by atoms with Crippen molar-refractivity contribution in [2.75, 3.05) is 12.0 Å². The van der Waals surface area contributed by atoms with Crippen molar-refractivity contribution in [1.82, 2.24) is 14.9 Å². The van der Waals surface area contributed by atoms with Crippen LogP contribution in [0.3, 0.4) is 0 Å². The fourth-order valence-electron chi connectivity index (χ4n) is 4.79. The summed E-state index contributed by atoms with van der Waals surface area (Å²) in [6, 6.07) is 23.9. The molecule has 1 N–H and O–H groups in total.